The number of benzene rings is 3. The Labute approximate surface area is 192 Å². The van der Waals surface area contributed by atoms with Crippen LogP contribution in [0.4, 0.5) is 15.8 Å². The minimum atomic E-state index is -3.91. The molecule has 2 N–H and O–H groups in total. The molecule has 1 saturated heterocycles. The van der Waals surface area contributed by atoms with Crippen LogP contribution in [-0.2, 0) is 16.6 Å². The molecule has 1 fully saturated rings. The SMILES string of the molecule is O=C(O)c1cc(N2CCN(Cc3ccccc3F)CC2)ccc1NS(=O)(=O)c1ccccc1. The molecule has 1 aliphatic rings. The van der Waals surface area contributed by atoms with E-state index in [1.54, 1.807) is 36.4 Å². The van der Waals surface area contributed by atoms with Gasteiger partial charge in [-0.1, -0.05) is 36.4 Å². The number of sulfonamides is 1. The summed E-state index contributed by atoms with van der Waals surface area (Å²) in [6, 6.07) is 19.2. The van der Waals surface area contributed by atoms with E-state index in [1.165, 1.54) is 30.3 Å². The smallest absolute Gasteiger partial charge is 0.337 e. The van der Waals surface area contributed by atoms with Gasteiger partial charge >= 0.3 is 5.97 Å². The molecule has 0 spiro atoms. The summed E-state index contributed by atoms with van der Waals surface area (Å²) in [6.45, 7) is 3.19. The molecule has 0 unspecified atom stereocenters. The summed E-state index contributed by atoms with van der Waals surface area (Å²) in [6.07, 6.45) is 0. The number of anilines is 2. The van der Waals surface area contributed by atoms with Crippen molar-refractivity contribution in [3.63, 3.8) is 0 Å². The van der Waals surface area contributed by atoms with Gasteiger partial charge in [0.05, 0.1) is 16.1 Å². The highest BCUT2D eigenvalue weighted by molar-refractivity contribution is 7.92. The topological polar surface area (TPSA) is 89.9 Å². The zero-order valence-corrected chi connectivity index (χ0v) is 18.6. The van der Waals surface area contributed by atoms with E-state index in [0.717, 1.165) is 0 Å². The van der Waals surface area contributed by atoms with Crippen molar-refractivity contribution in [1.29, 1.82) is 0 Å². The zero-order valence-electron chi connectivity index (χ0n) is 17.8. The van der Waals surface area contributed by atoms with Crippen LogP contribution in [0.3, 0.4) is 0 Å². The molecule has 172 valence electrons. The highest BCUT2D eigenvalue weighted by atomic mass is 32.2. The van der Waals surface area contributed by atoms with Crippen molar-refractivity contribution < 1.29 is 22.7 Å². The van der Waals surface area contributed by atoms with E-state index < -0.39 is 16.0 Å². The minimum absolute atomic E-state index is 0.00768. The van der Waals surface area contributed by atoms with Crippen molar-refractivity contribution in [3.8, 4) is 0 Å². The molecular weight excluding hydrogens is 445 g/mol. The number of hydrogen-bond donors (Lipinski definition) is 2. The molecule has 33 heavy (non-hydrogen) atoms. The predicted molar refractivity (Wildman–Crippen MR) is 125 cm³/mol. The molecule has 3 aromatic rings. The number of piperazine rings is 1. The molecule has 0 radical (unpaired) electrons. The van der Waals surface area contributed by atoms with Gasteiger partial charge in [0.25, 0.3) is 10.0 Å². The van der Waals surface area contributed by atoms with Crippen LogP contribution >= 0.6 is 0 Å². The molecule has 4 rings (SSSR count). The second-order valence-electron chi connectivity index (χ2n) is 7.81. The fourth-order valence-corrected chi connectivity index (χ4v) is 4.93. The Morgan fingerprint density at radius 3 is 2.27 bits per heavy atom. The zero-order chi connectivity index (χ0) is 23.4. The van der Waals surface area contributed by atoms with Crippen molar-refractivity contribution in [2.45, 2.75) is 11.4 Å². The lowest BCUT2D eigenvalue weighted by Crippen LogP contribution is -2.46. The fraction of sp³-hybridized carbons (Fsp3) is 0.208. The van der Waals surface area contributed by atoms with E-state index in [-0.39, 0.29) is 22.0 Å². The Morgan fingerprint density at radius 2 is 1.61 bits per heavy atom. The summed E-state index contributed by atoms with van der Waals surface area (Å²) in [7, 11) is -3.91. The highest BCUT2D eigenvalue weighted by Gasteiger charge is 2.22. The van der Waals surface area contributed by atoms with E-state index in [1.807, 2.05) is 11.0 Å². The summed E-state index contributed by atoms with van der Waals surface area (Å²) in [4.78, 5) is 16.1. The van der Waals surface area contributed by atoms with Gasteiger partial charge in [0, 0.05) is 44.0 Å². The van der Waals surface area contributed by atoms with Gasteiger partial charge in [0.2, 0.25) is 0 Å². The van der Waals surface area contributed by atoms with Crippen molar-refractivity contribution in [1.82, 2.24) is 4.90 Å². The minimum Gasteiger partial charge on any atom is -0.478 e. The Bertz CT molecular complexity index is 1240. The second kappa shape index (κ2) is 9.60. The van der Waals surface area contributed by atoms with Crippen LogP contribution in [0.15, 0.2) is 77.7 Å². The summed E-state index contributed by atoms with van der Waals surface area (Å²) in [5.41, 5.74) is 1.23. The number of nitrogens with zero attached hydrogens (tertiary/aromatic N) is 2. The van der Waals surface area contributed by atoms with Crippen LogP contribution in [0.2, 0.25) is 0 Å². The van der Waals surface area contributed by atoms with E-state index in [9.17, 15) is 22.7 Å². The molecule has 9 heteroatoms. The van der Waals surface area contributed by atoms with Gasteiger partial charge in [-0.2, -0.15) is 0 Å². The third-order valence-corrected chi connectivity index (χ3v) is 7.00. The number of halogens is 1. The summed E-state index contributed by atoms with van der Waals surface area (Å²) < 4.78 is 41.6. The van der Waals surface area contributed by atoms with Crippen molar-refractivity contribution in [3.05, 3.63) is 89.7 Å². The Morgan fingerprint density at radius 1 is 0.939 bits per heavy atom. The molecule has 7 nitrogen and oxygen atoms in total. The second-order valence-corrected chi connectivity index (χ2v) is 9.49. The Hall–Kier alpha value is -3.43. The van der Waals surface area contributed by atoms with Gasteiger partial charge in [0.15, 0.2) is 0 Å². The van der Waals surface area contributed by atoms with Gasteiger partial charge in [0.1, 0.15) is 5.82 Å². The summed E-state index contributed by atoms with van der Waals surface area (Å²) in [5.74, 6) is -1.44. The number of carboxylic acids is 1. The third-order valence-electron chi connectivity index (χ3n) is 5.62. The van der Waals surface area contributed by atoms with Crippen LogP contribution in [-0.4, -0.2) is 50.6 Å². The molecular formula is C24H24FN3O4S. The number of nitrogens with one attached hydrogen (secondary N) is 1. The first-order valence-corrected chi connectivity index (χ1v) is 12.0. The van der Waals surface area contributed by atoms with Gasteiger partial charge in [-0.3, -0.25) is 9.62 Å². The molecule has 0 amide bonds. The summed E-state index contributed by atoms with van der Waals surface area (Å²) >= 11 is 0. The van der Waals surface area contributed by atoms with Crippen LogP contribution in [0, 0.1) is 5.82 Å². The molecule has 1 heterocycles. The highest BCUT2D eigenvalue weighted by Crippen LogP contribution is 2.27. The van der Waals surface area contributed by atoms with Gasteiger partial charge < -0.3 is 10.0 Å². The van der Waals surface area contributed by atoms with Crippen LogP contribution in [0.25, 0.3) is 0 Å². The monoisotopic (exact) mass is 469 g/mol. The van der Waals surface area contributed by atoms with Gasteiger partial charge in [-0.15, -0.1) is 0 Å². The maximum Gasteiger partial charge on any atom is 0.337 e. The Kier molecular flexibility index (Phi) is 6.62. The first-order chi connectivity index (χ1) is 15.8. The van der Waals surface area contributed by atoms with Crippen LogP contribution < -0.4 is 9.62 Å². The van der Waals surface area contributed by atoms with Gasteiger partial charge in [-0.05, 0) is 36.4 Å². The number of aromatic carboxylic acids is 1. The maximum absolute atomic E-state index is 13.9. The van der Waals surface area contributed by atoms with E-state index in [2.05, 4.69) is 9.62 Å². The molecule has 0 bridgehead atoms. The first-order valence-electron chi connectivity index (χ1n) is 10.5. The predicted octanol–water partition coefficient (Wildman–Crippen LogP) is 3.65. The normalized spacial score (nSPS) is 14.8. The number of rotatable bonds is 7. The van der Waals surface area contributed by atoms with Crippen molar-refractivity contribution in [2.75, 3.05) is 35.8 Å². The Balaban J connectivity index is 1.47. The molecule has 0 aliphatic carbocycles. The maximum atomic E-state index is 13.9. The number of hydrogen-bond acceptors (Lipinski definition) is 5. The summed E-state index contributed by atoms with van der Waals surface area (Å²) in [5, 5.41) is 9.69. The van der Waals surface area contributed by atoms with E-state index in [0.29, 0.717) is 44.0 Å². The average molecular weight is 470 g/mol. The van der Waals surface area contributed by atoms with Crippen LogP contribution in [0.5, 0.6) is 0 Å². The molecule has 1 aliphatic heterocycles. The average Bonchev–Trinajstić information content (AvgIpc) is 2.81. The standard InChI is InChI=1S/C24H24FN3O4S/c25-22-9-5-4-6-18(22)17-27-12-14-28(15-13-27)19-10-11-23(21(16-19)24(29)30)26-33(31,32)20-7-2-1-3-8-20/h1-11,16,26H,12-15,17H2,(H,29,30). The lowest BCUT2D eigenvalue weighted by molar-refractivity contribution is 0.0698. The lowest BCUT2D eigenvalue weighted by Gasteiger charge is -2.36. The number of carbonyl (C=O) groups is 1. The van der Waals surface area contributed by atoms with Gasteiger partial charge in [-0.25, -0.2) is 17.6 Å². The quantitative estimate of drug-likeness (QED) is 0.549. The van der Waals surface area contributed by atoms with E-state index in [4.69, 9.17) is 0 Å². The molecule has 0 atom stereocenters. The lowest BCUT2D eigenvalue weighted by atomic mass is 10.1. The van der Waals surface area contributed by atoms with E-state index >= 15 is 0 Å². The third kappa shape index (κ3) is 5.32. The van der Waals surface area contributed by atoms with Crippen LogP contribution in [0.1, 0.15) is 15.9 Å². The first kappa shape index (κ1) is 22.8. The molecule has 0 aromatic heterocycles. The fourth-order valence-electron chi connectivity index (χ4n) is 3.83. The molecule has 3 aromatic carbocycles. The van der Waals surface area contributed by atoms with Crippen molar-refractivity contribution in [2.24, 2.45) is 0 Å². The molecule has 0 saturated carbocycles. The number of carboxylic acid groups (broad SMARTS) is 1. The van der Waals surface area contributed by atoms with Crippen molar-refractivity contribution >= 4 is 27.4 Å². The largest absolute Gasteiger partial charge is 0.478 e.